The number of amides is 1. The van der Waals surface area contributed by atoms with Gasteiger partial charge in [-0.15, -0.1) is 0 Å². The summed E-state index contributed by atoms with van der Waals surface area (Å²) in [5, 5.41) is 2.76. The van der Waals surface area contributed by atoms with Gasteiger partial charge >= 0.3 is 0 Å². The molecule has 0 saturated heterocycles. The Bertz CT molecular complexity index is 1090. The maximum absolute atomic E-state index is 13.3. The first-order valence-electron chi connectivity index (χ1n) is 9.94. The highest BCUT2D eigenvalue weighted by molar-refractivity contribution is 6.00. The predicted molar refractivity (Wildman–Crippen MR) is 111 cm³/mol. The van der Waals surface area contributed by atoms with Crippen LogP contribution in [-0.2, 0) is 24.1 Å². The van der Waals surface area contributed by atoms with E-state index in [2.05, 4.69) is 5.32 Å². The number of aryl methyl sites for hydroxylation is 1. The van der Waals surface area contributed by atoms with Crippen molar-refractivity contribution in [3.63, 3.8) is 0 Å². The van der Waals surface area contributed by atoms with Crippen LogP contribution in [0.15, 0.2) is 66.7 Å². The average molecular weight is 405 g/mol. The van der Waals surface area contributed by atoms with Crippen molar-refractivity contribution in [3.8, 4) is 0 Å². The number of halogens is 2. The predicted octanol–water partition coefficient (Wildman–Crippen LogP) is 5.13. The molecular weight excluding hydrogens is 384 g/mol. The summed E-state index contributed by atoms with van der Waals surface area (Å²) in [6, 6.07) is 18.6. The number of benzene rings is 3. The van der Waals surface area contributed by atoms with Crippen molar-refractivity contribution in [2.45, 2.75) is 25.7 Å². The lowest BCUT2D eigenvalue weighted by molar-refractivity contribution is -0.115. The molecule has 0 spiro atoms. The first kappa shape index (κ1) is 20.0. The van der Waals surface area contributed by atoms with Gasteiger partial charge in [-0.25, -0.2) is 8.78 Å². The van der Waals surface area contributed by atoms with Gasteiger partial charge in [0.25, 0.3) is 0 Å². The quantitative estimate of drug-likeness (QED) is 0.639. The summed E-state index contributed by atoms with van der Waals surface area (Å²) in [7, 11) is 0. The van der Waals surface area contributed by atoms with E-state index in [1.165, 1.54) is 6.07 Å². The zero-order valence-electron chi connectivity index (χ0n) is 16.3. The van der Waals surface area contributed by atoms with Crippen LogP contribution in [0.5, 0.6) is 0 Å². The molecule has 152 valence electrons. The van der Waals surface area contributed by atoms with Crippen molar-refractivity contribution < 1.29 is 18.4 Å². The van der Waals surface area contributed by atoms with Gasteiger partial charge in [0.05, 0.1) is 6.42 Å². The molecule has 5 heteroatoms. The summed E-state index contributed by atoms with van der Waals surface area (Å²) in [6.45, 7) is 0. The first-order valence-corrected chi connectivity index (χ1v) is 9.94. The molecule has 1 amide bonds. The zero-order chi connectivity index (χ0) is 21.1. The molecule has 1 aliphatic rings. The molecule has 0 fully saturated rings. The van der Waals surface area contributed by atoms with Crippen LogP contribution in [0.2, 0.25) is 0 Å². The minimum atomic E-state index is -0.968. The minimum Gasteiger partial charge on any atom is -0.326 e. The summed E-state index contributed by atoms with van der Waals surface area (Å²) >= 11 is 0. The van der Waals surface area contributed by atoms with E-state index < -0.39 is 11.6 Å². The third kappa shape index (κ3) is 4.46. The van der Waals surface area contributed by atoms with Crippen LogP contribution in [-0.4, -0.2) is 11.7 Å². The van der Waals surface area contributed by atoms with Gasteiger partial charge in [-0.1, -0.05) is 42.5 Å². The molecule has 0 radical (unpaired) electrons. The third-order valence-corrected chi connectivity index (χ3v) is 5.48. The van der Waals surface area contributed by atoms with Crippen LogP contribution in [0.25, 0.3) is 0 Å². The smallest absolute Gasteiger partial charge is 0.228 e. The van der Waals surface area contributed by atoms with E-state index in [0.717, 1.165) is 41.7 Å². The van der Waals surface area contributed by atoms with Gasteiger partial charge in [0.15, 0.2) is 17.4 Å². The van der Waals surface area contributed by atoms with Crippen LogP contribution in [0.3, 0.4) is 0 Å². The van der Waals surface area contributed by atoms with E-state index in [0.29, 0.717) is 17.7 Å². The number of nitrogens with one attached hydrogen (secondary N) is 1. The molecule has 1 unspecified atom stereocenters. The van der Waals surface area contributed by atoms with Gasteiger partial charge in [0.2, 0.25) is 5.91 Å². The van der Waals surface area contributed by atoms with Crippen LogP contribution < -0.4 is 5.32 Å². The lowest BCUT2D eigenvalue weighted by Crippen LogP contribution is -2.24. The Morgan fingerprint density at radius 2 is 1.67 bits per heavy atom. The minimum absolute atomic E-state index is 0.0336. The topological polar surface area (TPSA) is 46.2 Å². The van der Waals surface area contributed by atoms with Crippen molar-refractivity contribution in [1.82, 2.24) is 0 Å². The maximum atomic E-state index is 13.3. The van der Waals surface area contributed by atoms with Crippen molar-refractivity contribution in [3.05, 3.63) is 101 Å². The number of anilines is 1. The fourth-order valence-corrected chi connectivity index (χ4v) is 3.90. The lowest BCUT2D eigenvalue weighted by atomic mass is 9.80. The van der Waals surface area contributed by atoms with Crippen molar-refractivity contribution in [2.24, 2.45) is 5.92 Å². The fourth-order valence-electron chi connectivity index (χ4n) is 3.90. The Hall–Kier alpha value is -3.34. The van der Waals surface area contributed by atoms with Crippen LogP contribution in [0.4, 0.5) is 14.5 Å². The SMILES string of the molecule is O=C(Cc1ccc(F)c(F)c1)Nc1ccc(CC2CCc3ccccc3C2=O)cc1. The average Bonchev–Trinajstić information content (AvgIpc) is 2.74. The molecule has 1 aliphatic carbocycles. The highest BCUT2D eigenvalue weighted by Crippen LogP contribution is 2.28. The molecular formula is C25H21F2NO2. The monoisotopic (exact) mass is 405 g/mol. The Morgan fingerprint density at radius 1 is 0.933 bits per heavy atom. The van der Waals surface area contributed by atoms with Gasteiger partial charge in [-0.05, 0) is 60.2 Å². The van der Waals surface area contributed by atoms with E-state index >= 15 is 0 Å². The molecule has 3 nitrogen and oxygen atoms in total. The number of hydrogen-bond donors (Lipinski definition) is 1. The van der Waals surface area contributed by atoms with Gasteiger partial charge < -0.3 is 5.32 Å². The number of rotatable bonds is 5. The molecule has 4 rings (SSSR count). The fraction of sp³-hybridized carbons (Fsp3) is 0.200. The number of hydrogen-bond acceptors (Lipinski definition) is 2. The first-order chi connectivity index (χ1) is 14.5. The molecule has 0 aromatic heterocycles. The molecule has 0 bridgehead atoms. The van der Waals surface area contributed by atoms with Gasteiger partial charge in [-0.2, -0.15) is 0 Å². The number of carbonyl (C=O) groups excluding carboxylic acids is 2. The number of ketones is 1. The van der Waals surface area contributed by atoms with Crippen LogP contribution in [0.1, 0.15) is 33.5 Å². The number of Topliss-reactive ketones (excluding diaryl/α,β-unsaturated/α-hetero) is 1. The number of fused-ring (bicyclic) bond motifs is 1. The Kier molecular flexibility index (Phi) is 5.70. The van der Waals surface area contributed by atoms with E-state index in [1.807, 2.05) is 36.4 Å². The normalized spacial score (nSPS) is 15.5. The Balaban J connectivity index is 1.35. The summed E-state index contributed by atoms with van der Waals surface area (Å²) in [6.07, 6.45) is 2.36. The second-order valence-corrected chi connectivity index (χ2v) is 7.63. The standard InChI is InChI=1S/C25H21F2NO2/c26-22-12-7-17(14-23(22)27)15-24(29)28-20-10-5-16(6-11-20)13-19-9-8-18-3-1-2-4-21(18)25(19)30/h1-7,10-12,14,19H,8-9,13,15H2,(H,28,29). The molecule has 30 heavy (non-hydrogen) atoms. The molecule has 0 aliphatic heterocycles. The second-order valence-electron chi connectivity index (χ2n) is 7.63. The Morgan fingerprint density at radius 3 is 2.43 bits per heavy atom. The van der Waals surface area contributed by atoms with Crippen LogP contribution >= 0.6 is 0 Å². The van der Waals surface area contributed by atoms with E-state index in [9.17, 15) is 18.4 Å². The zero-order valence-corrected chi connectivity index (χ0v) is 16.3. The highest BCUT2D eigenvalue weighted by Gasteiger charge is 2.26. The molecule has 0 saturated carbocycles. The summed E-state index contributed by atoms with van der Waals surface area (Å²) in [5.74, 6) is -2.05. The molecule has 3 aromatic carbocycles. The van der Waals surface area contributed by atoms with Crippen molar-refractivity contribution >= 4 is 17.4 Å². The summed E-state index contributed by atoms with van der Waals surface area (Å²) in [4.78, 5) is 24.9. The summed E-state index contributed by atoms with van der Waals surface area (Å²) < 4.78 is 26.3. The largest absolute Gasteiger partial charge is 0.326 e. The summed E-state index contributed by atoms with van der Waals surface area (Å²) in [5.41, 5.74) is 4.00. The third-order valence-electron chi connectivity index (χ3n) is 5.48. The second kappa shape index (κ2) is 8.57. The van der Waals surface area contributed by atoms with Gasteiger partial charge in [0.1, 0.15) is 0 Å². The Labute approximate surface area is 173 Å². The van der Waals surface area contributed by atoms with Gasteiger partial charge in [-0.3, -0.25) is 9.59 Å². The maximum Gasteiger partial charge on any atom is 0.228 e. The van der Waals surface area contributed by atoms with Gasteiger partial charge in [0, 0.05) is 17.2 Å². The van der Waals surface area contributed by atoms with E-state index in [1.54, 1.807) is 12.1 Å². The van der Waals surface area contributed by atoms with E-state index in [4.69, 9.17) is 0 Å². The van der Waals surface area contributed by atoms with E-state index in [-0.39, 0.29) is 24.0 Å². The van der Waals surface area contributed by atoms with Crippen molar-refractivity contribution in [1.29, 1.82) is 0 Å². The van der Waals surface area contributed by atoms with Crippen molar-refractivity contribution in [2.75, 3.05) is 5.32 Å². The number of carbonyl (C=O) groups is 2. The molecule has 1 atom stereocenters. The molecule has 0 heterocycles. The lowest BCUT2D eigenvalue weighted by Gasteiger charge is -2.23. The van der Waals surface area contributed by atoms with Crippen LogP contribution in [0, 0.1) is 17.6 Å². The molecule has 1 N–H and O–H groups in total. The highest BCUT2D eigenvalue weighted by atomic mass is 19.2. The molecule has 3 aromatic rings.